The summed E-state index contributed by atoms with van der Waals surface area (Å²) in [5.41, 5.74) is 5.38. The Kier molecular flexibility index (Phi) is 3.33. The van der Waals surface area contributed by atoms with Crippen LogP contribution in [0.2, 0.25) is 0 Å². The molecular weight excluding hydrogens is 246 g/mol. The predicted octanol–water partition coefficient (Wildman–Crippen LogP) is 3.86. The van der Waals surface area contributed by atoms with E-state index >= 15 is 0 Å². The number of fused-ring (bicyclic) bond motifs is 1. The van der Waals surface area contributed by atoms with Crippen molar-refractivity contribution < 1.29 is 0 Å². The molecule has 20 heavy (non-hydrogen) atoms. The zero-order valence-corrected chi connectivity index (χ0v) is 11.7. The Hall–Kier alpha value is -2.42. The topological polar surface area (TPSA) is 37.8 Å². The number of hydrogen-bond donors (Lipinski definition) is 1. The largest absolute Gasteiger partial charge is 0.380 e. The number of anilines is 1. The highest BCUT2D eigenvalue weighted by Gasteiger charge is 2.03. The van der Waals surface area contributed by atoms with E-state index in [1.54, 1.807) is 0 Å². The number of pyridine rings is 2. The fourth-order valence-corrected chi connectivity index (χ4v) is 2.25. The molecule has 0 unspecified atom stereocenters. The first kappa shape index (κ1) is 12.6. The standard InChI is InChI=1S/C17H17N3/c1-12-7-8-14(10-18-12)11-19-17-9-13(2)20-16-6-4-3-5-15(16)17/h3-10H,11H2,1-2H3,(H,19,20). The van der Waals surface area contributed by atoms with E-state index in [9.17, 15) is 0 Å². The Bertz CT molecular complexity index is 733. The molecule has 0 radical (unpaired) electrons. The number of aromatic nitrogens is 2. The van der Waals surface area contributed by atoms with E-state index in [1.807, 2.05) is 44.3 Å². The van der Waals surface area contributed by atoms with Crippen LogP contribution in [-0.2, 0) is 6.54 Å². The van der Waals surface area contributed by atoms with Gasteiger partial charge < -0.3 is 5.32 Å². The molecule has 0 atom stereocenters. The van der Waals surface area contributed by atoms with E-state index in [2.05, 4.69) is 33.5 Å². The minimum absolute atomic E-state index is 0.765. The highest BCUT2D eigenvalue weighted by atomic mass is 14.9. The highest BCUT2D eigenvalue weighted by molar-refractivity contribution is 5.91. The van der Waals surface area contributed by atoms with Gasteiger partial charge >= 0.3 is 0 Å². The van der Waals surface area contributed by atoms with Crippen LogP contribution in [0.1, 0.15) is 17.0 Å². The van der Waals surface area contributed by atoms with Gasteiger partial charge in [-0.2, -0.15) is 0 Å². The van der Waals surface area contributed by atoms with Crippen LogP contribution in [0.5, 0.6) is 0 Å². The summed E-state index contributed by atoms with van der Waals surface area (Å²) in [6.07, 6.45) is 1.92. The van der Waals surface area contributed by atoms with E-state index in [4.69, 9.17) is 0 Å². The Morgan fingerprint density at radius 1 is 1.00 bits per heavy atom. The molecule has 0 bridgehead atoms. The minimum atomic E-state index is 0.765. The lowest BCUT2D eigenvalue weighted by atomic mass is 10.1. The van der Waals surface area contributed by atoms with Crippen molar-refractivity contribution in [2.75, 3.05) is 5.32 Å². The summed E-state index contributed by atoms with van der Waals surface area (Å²) in [7, 11) is 0. The maximum absolute atomic E-state index is 4.55. The van der Waals surface area contributed by atoms with Crippen LogP contribution in [0.4, 0.5) is 5.69 Å². The van der Waals surface area contributed by atoms with Crippen molar-refractivity contribution in [3.63, 3.8) is 0 Å². The monoisotopic (exact) mass is 263 g/mol. The molecule has 3 nitrogen and oxygen atoms in total. The number of para-hydroxylation sites is 1. The molecule has 0 fully saturated rings. The van der Waals surface area contributed by atoms with Gasteiger partial charge in [0, 0.05) is 35.2 Å². The molecule has 0 saturated heterocycles. The molecule has 1 aromatic carbocycles. The Morgan fingerprint density at radius 3 is 2.65 bits per heavy atom. The Labute approximate surface area is 118 Å². The highest BCUT2D eigenvalue weighted by Crippen LogP contribution is 2.23. The van der Waals surface area contributed by atoms with Crippen molar-refractivity contribution in [2.45, 2.75) is 20.4 Å². The second-order valence-corrected chi connectivity index (χ2v) is 4.99. The third-order valence-corrected chi connectivity index (χ3v) is 3.30. The number of benzene rings is 1. The van der Waals surface area contributed by atoms with Gasteiger partial charge in [0.25, 0.3) is 0 Å². The maximum Gasteiger partial charge on any atom is 0.0725 e. The number of aryl methyl sites for hydroxylation is 2. The summed E-state index contributed by atoms with van der Waals surface area (Å²) < 4.78 is 0. The second kappa shape index (κ2) is 5.29. The second-order valence-electron chi connectivity index (χ2n) is 4.99. The average Bonchev–Trinajstić information content (AvgIpc) is 2.46. The van der Waals surface area contributed by atoms with Crippen LogP contribution < -0.4 is 5.32 Å². The lowest BCUT2D eigenvalue weighted by Gasteiger charge is -2.10. The summed E-state index contributed by atoms with van der Waals surface area (Å²) in [5.74, 6) is 0. The van der Waals surface area contributed by atoms with Gasteiger partial charge in [0.15, 0.2) is 0 Å². The van der Waals surface area contributed by atoms with Crippen LogP contribution in [0, 0.1) is 13.8 Å². The first-order chi connectivity index (χ1) is 9.72. The van der Waals surface area contributed by atoms with Crippen molar-refractivity contribution in [1.29, 1.82) is 0 Å². The molecule has 0 aliphatic heterocycles. The molecule has 0 amide bonds. The van der Waals surface area contributed by atoms with Crippen LogP contribution in [0.15, 0.2) is 48.7 Å². The van der Waals surface area contributed by atoms with E-state index < -0.39 is 0 Å². The van der Waals surface area contributed by atoms with Gasteiger partial charge in [0.05, 0.1) is 5.52 Å². The van der Waals surface area contributed by atoms with Gasteiger partial charge in [0.2, 0.25) is 0 Å². The SMILES string of the molecule is Cc1ccc(CNc2cc(C)nc3ccccc23)cn1. The van der Waals surface area contributed by atoms with Gasteiger partial charge in [0.1, 0.15) is 0 Å². The molecule has 1 N–H and O–H groups in total. The fraction of sp³-hybridized carbons (Fsp3) is 0.176. The molecule has 0 aliphatic carbocycles. The van der Waals surface area contributed by atoms with Crippen LogP contribution in [0.3, 0.4) is 0 Å². The van der Waals surface area contributed by atoms with Gasteiger partial charge in [-0.15, -0.1) is 0 Å². The summed E-state index contributed by atoms with van der Waals surface area (Å²) in [6, 6.07) is 14.4. The van der Waals surface area contributed by atoms with Crippen molar-refractivity contribution in [1.82, 2.24) is 9.97 Å². The van der Waals surface area contributed by atoms with Gasteiger partial charge in [-0.05, 0) is 37.6 Å². The Balaban J connectivity index is 1.88. The molecule has 0 aliphatic rings. The van der Waals surface area contributed by atoms with Crippen molar-refractivity contribution in [2.24, 2.45) is 0 Å². The lowest BCUT2D eigenvalue weighted by molar-refractivity contribution is 1.08. The van der Waals surface area contributed by atoms with Gasteiger partial charge in [-0.3, -0.25) is 9.97 Å². The minimum Gasteiger partial charge on any atom is -0.380 e. The molecule has 3 rings (SSSR count). The van der Waals surface area contributed by atoms with Crippen LogP contribution >= 0.6 is 0 Å². The summed E-state index contributed by atoms with van der Waals surface area (Å²) in [4.78, 5) is 8.87. The normalized spacial score (nSPS) is 10.7. The van der Waals surface area contributed by atoms with Gasteiger partial charge in [-0.1, -0.05) is 24.3 Å². The number of nitrogens with zero attached hydrogens (tertiary/aromatic N) is 2. The van der Waals surface area contributed by atoms with E-state index in [1.165, 1.54) is 5.56 Å². The smallest absolute Gasteiger partial charge is 0.0725 e. The fourth-order valence-electron chi connectivity index (χ4n) is 2.25. The molecule has 2 heterocycles. The molecule has 2 aromatic heterocycles. The number of rotatable bonds is 3. The molecule has 3 heteroatoms. The van der Waals surface area contributed by atoms with E-state index in [0.29, 0.717) is 0 Å². The molecule has 0 spiro atoms. The summed E-state index contributed by atoms with van der Waals surface area (Å²) in [5, 5.41) is 4.64. The molecule has 100 valence electrons. The molecule has 3 aromatic rings. The quantitative estimate of drug-likeness (QED) is 0.779. The van der Waals surface area contributed by atoms with Crippen molar-refractivity contribution >= 4 is 16.6 Å². The summed E-state index contributed by atoms with van der Waals surface area (Å²) >= 11 is 0. The first-order valence-electron chi connectivity index (χ1n) is 6.74. The number of nitrogens with one attached hydrogen (secondary N) is 1. The average molecular weight is 263 g/mol. The molecule has 0 saturated carbocycles. The van der Waals surface area contributed by atoms with E-state index in [-0.39, 0.29) is 0 Å². The zero-order valence-electron chi connectivity index (χ0n) is 11.7. The third-order valence-electron chi connectivity index (χ3n) is 3.30. The third kappa shape index (κ3) is 2.62. The van der Waals surface area contributed by atoms with Crippen LogP contribution in [-0.4, -0.2) is 9.97 Å². The Morgan fingerprint density at radius 2 is 1.85 bits per heavy atom. The zero-order chi connectivity index (χ0) is 13.9. The lowest BCUT2D eigenvalue weighted by Crippen LogP contribution is -2.02. The van der Waals surface area contributed by atoms with Crippen molar-refractivity contribution in [3.8, 4) is 0 Å². The first-order valence-corrected chi connectivity index (χ1v) is 6.74. The maximum atomic E-state index is 4.55. The van der Waals surface area contributed by atoms with Gasteiger partial charge in [-0.25, -0.2) is 0 Å². The summed E-state index contributed by atoms with van der Waals surface area (Å²) in [6.45, 7) is 4.78. The molecular formula is C17H17N3. The van der Waals surface area contributed by atoms with Crippen molar-refractivity contribution in [3.05, 3.63) is 65.6 Å². The predicted molar refractivity (Wildman–Crippen MR) is 82.8 cm³/mol. The van der Waals surface area contributed by atoms with Crippen LogP contribution in [0.25, 0.3) is 10.9 Å². The van der Waals surface area contributed by atoms with E-state index in [0.717, 1.165) is 34.5 Å². The number of hydrogen-bond acceptors (Lipinski definition) is 3.